The van der Waals surface area contributed by atoms with Crippen LogP contribution in [0.3, 0.4) is 0 Å². The van der Waals surface area contributed by atoms with Crippen LogP contribution in [0.1, 0.15) is 39.4 Å². The van der Waals surface area contributed by atoms with Gasteiger partial charge in [0.2, 0.25) is 0 Å². The van der Waals surface area contributed by atoms with Crippen molar-refractivity contribution in [2.75, 3.05) is 7.11 Å². The first-order valence-electron chi connectivity index (χ1n) is 11.2. The van der Waals surface area contributed by atoms with Gasteiger partial charge in [-0.05, 0) is 54.3 Å². The molecule has 1 heterocycles. The SMILES string of the molecule is COc1c(C)cc(C)cc1/C(O)=C1\C(=O)C(=O)N(Cc2cccc(C(F)(F)F)c2)C1c1ccccc1. The molecule has 1 saturated heterocycles. The highest BCUT2D eigenvalue weighted by atomic mass is 19.4. The summed E-state index contributed by atoms with van der Waals surface area (Å²) in [6.45, 7) is 3.36. The minimum absolute atomic E-state index is 0.151. The summed E-state index contributed by atoms with van der Waals surface area (Å²) in [6.07, 6.45) is -4.55. The average Bonchev–Trinajstić information content (AvgIpc) is 3.08. The van der Waals surface area contributed by atoms with Crippen LogP contribution in [0.15, 0.2) is 72.3 Å². The second-order valence-corrected chi connectivity index (χ2v) is 8.70. The molecule has 0 saturated carbocycles. The van der Waals surface area contributed by atoms with E-state index in [0.29, 0.717) is 11.3 Å². The van der Waals surface area contributed by atoms with Gasteiger partial charge in [-0.2, -0.15) is 13.2 Å². The molecule has 1 N–H and O–H groups in total. The molecule has 1 amide bonds. The summed E-state index contributed by atoms with van der Waals surface area (Å²) in [7, 11) is 1.44. The van der Waals surface area contributed by atoms with Crippen LogP contribution in [0.4, 0.5) is 13.2 Å². The van der Waals surface area contributed by atoms with Crippen LogP contribution >= 0.6 is 0 Å². The molecule has 1 fully saturated rings. The fraction of sp³-hybridized carbons (Fsp3) is 0.214. The van der Waals surface area contributed by atoms with E-state index in [9.17, 15) is 27.9 Å². The van der Waals surface area contributed by atoms with Gasteiger partial charge in [0.25, 0.3) is 11.7 Å². The number of hydrogen-bond donors (Lipinski definition) is 1. The minimum atomic E-state index is -4.55. The van der Waals surface area contributed by atoms with Crippen LogP contribution in [0.5, 0.6) is 5.75 Å². The van der Waals surface area contributed by atoms with Gasteiger partial charge in [0, 0.05) is 6.54 Å². The summed E-state index contributed by atoms with van der Waals surface area (Å²) in [4.78, 5) is 27.6. The Balaban J connectivity index is 1.89. The topological polar surface area (TPSA) is 66.8 Å². The lowest BCUT2D eigenvalue weighted by Crippen LogP contribution is -2.29. The largest absolute Gasteiger partial charge is 0.507 e. The zero-order valence-electron chi connectivity index (χ0n) is 19.9. The number of hydrogen-bond acceptors (Lipinski definition) is 4. The van der Waals surface area contributed by atoms with Gasteiger partial charge >= 0.3 is 6.18 Å². The van der Waals surface area contributed by atoms with Crippen molar-refractivity contribution in [2.24, 2.45) is 0 Å². The minimum Gasteiger partial charge on any atom is -0.507 e. The monoisotopic (exact) mass is 495 g/mol. The standard InChI is InChI=1S/C28H24F3NO4/c1-16-12-17(2)26(36-3)21(13-16)24(33)22-23(19-9-5-4-6-10-19)32(27(35)25(22)34)15-18-8-7-11-20(14-18)28(29,30)31/h4-14,23,33H,15H2,1-3H3/b24-22+. The summed E-state index contributed by atoms with van der Waals surface area (Å²) in [5, 5.41) is 11.4. The van der Waals surface area contributed by atoms with E-state index in [1.54, 1.807) is 43.3 Å². The number of ether oxygens (including phenoxy) is 1. The number of benzene rings is 3. The molecular weight excluding hydrogens is 471 g/mol. The van der Waals surface area contributed by atoms with Crippen LogP contribution in [0.25, 0.3) is 5.76 Å². The van der Waals surface area contributed by atoms with Crippen LogP contribution in [-0.2, 0) is 22.3 Å². The van der Waals surface area contributed by atoms with Gasteiger partial charge in [0.05, 0.1) is 29.9 Å². The van der Waals surface area contributed by atoms with Crippen molar-refractivity contribution < 1.29 is 32.6 Å². The number of aliphatic hydroxyl groups is 1. The summed E-state index contributed by atoms with van der Waals surface area (Å²) >= 11 is 0. The molecule has 3 aromatic carbocycles. The Hall–Kier alpha value is -4.07. The van der Waals surface area contributed by atoms with Crippen LogP contribution in [0, 0.1) is 13.8 Å². The molecule has 0 spiro atoms. The second kappa shape index (κ2) is 9.53. The van der Waals surface area contributed by atoms with Gasteiger partial charge in [-0.25, -0.2) is 0 Å². The Kier molecular flexibility index (Phi) is 6.63. The molecule has 0 bridgehead atoms. The maximum atomic E-state index is 13.3. The number of aryl methyl sites for hydroxylation is 2. The molecular formula is C28H24F3NO4. The van der Waals surface area contributed by atoms with E-state index in [4.69, 9.17) is 4.74 Å². The van der Waals surface area contributed by atoms with Crippen molar-refractivity contribution in [2.45, 2.75) is 32.6 Å². The number of likely N-dealkylation sites (tertiary alicyclic amines) is 1. The zero-order valence-corrected chi connectivity index (χ0v) is 19.9. The number of halogens is 3. The summed E-state index contributed by atoms with van der Waals surface area (Å²) in [5.74, 6) is -1.88. The zero-order chi connectivity index (χ0) is 26.2. The first-order valence-corrected chi connectivity index (χ1v) is 11.2. The van der Waals surface area contributed by atoms with E-state index in [-0.39, 0.29) is 23.2 Å². The molecule has 3 aromatic rings. The molecule has 1 aliphatic heterocycles. The Bertz CT molecular complexity index is 1360. The van der Waals surface area contributed by atoms with Gasteiger partial charge in [0.15, 0.2) is 0 Å². The van der Waals surface area contributed by atoms with E-state index in [2.05, 4.69) is 0 Å². The van der Waals surface area contributed by atoms with Gasteiger partial charge in [-0.1, -0.05) is 48.5 Å². The molecule has 0 radical (unpaired) electrons. The predicted molar refractivity (Wildman–Crippen MR) is 128 cm³/mol. The molecule has 1 atom stereocenters. The van der Waals surface area contributed by atoms with Gasteiger partial charge in [-0.15, -0.1) is 0 Å². The summed E-state index contributed by atoms with van der Waals surface area (Å²) in [6, 6.07) is 15.7. The normalized spacial score (nSPS) is 17.5. The number of aliphatic hydroxyl groups excluding tert-OH is 1. The van der Waals surface area contributed by atoms with Crippen LogP contribution in [-0.4, -0.2) is 28.8 Å². The Morgan fingerprint density at radius 1 is 1.00 bits per heavy atom. The molecule has 5 nitrogen and oxygen atoms in total. The Morgan fingerprint density at radius 2 is 1.69 bits per heavy atom. The first-order chi connectivity index (χ1) is 17.0. The van der Waals surface area contributed by atoms with Gasteiger partial charge in [-0.3, -0.25) is 9.59 Å². The van der Waals surface area contributed by atoms with Gasteiger partial charge < -0.3 is 14.7 Å². The lowest BCUT2D eigenvalue weighted by atomic mass is 9.93. The van der Waals surface area contributed by atoms with Crippen molar-refractivity contribution in [1.29, 1.82) is 0 Å². The third-order valence-electron chi connectivity index (χ3n) is 6.14. The summed E-state index contributed by atoms with van der Waals surface area (Å²) < 4.78 is 45.3. The van der Waals surface area contributed by atoms with Crippen molar-refractivity contribution in [1.82, 2.24) is 4.90 Å². The fourth-order valence-electron chi connectivity index (χ4n) is 4.61. The third-order valence-corrected chi connectivity index (χ3v) is 6.14. The average molecular weight is 495 g/mol. The number of rotatable bonds is 5. The van der Waals surface area contributed by atoms with E-state index in [1.165, 1.54) is 24.1 Å². The van der Waals surface area contributed by atoms with Crippen molar-refractivity contribution in [3.8, 4) is 5.75 Å². The van der Waals surface area contributed by atoms with E-state index >= 15 is 0 Å². The van der Waals surface area contributed by atoms with Crippen molar-refractivity contribution >= 4 is 17.4 Å². The number of amides is 1. The van der Waals surface area contributed by atoms with Crippen LogP contribution < -0.4 is 4.74 Å². The van der Waals surface area contributed by atoms with E-state index in [0.717, 1.165) is 23.3 Å². The molecule has 1 aliphatic rings. The molecule has 8 heteroatoms. The summed E-state index contributed by atoms with van der Waals surface area (Å²) in [5.41, 5.74) is 1.53. The first kappa shape index (κ1) is 25.0. The van der Waals surface area contributed by atoms with E-state index < -0.39 is 35.2 Å². The fourth-order valence-corrected chi connectivity index (χ4v) is 4.61. The molecule has 0 aromatic heterocycles. The quantitative estimate of drug-likeness (QED) is 0.270. The Morgan fingerprint density at radius 3 is 2.33 bits per heavy atom. The lowest BCUT2D eigenvalue weighted by molar-refractivity contribution is -0.140. The molecule has 186 valence electrons. The van der Waals surface area contributed by atoms with E-state index in [1.807, 2.05) is 13.0 Å². The maximum absolute atomic E-state index is 13.3. The number of carbonyl (C=O) groups is 2. The highest BCUT2D eigenvalue weighted by Crippen LogP contribution is 2.42. The maximum Gasteiger partial charge on any atom is 0.416 e. The number of Topliss-reactive ketones (excluding diaryl/α,β-unsaturated/α-hetero) is 1. The third kappa shape index (κ3) is 4.58. The number of nitrogens with zero attached hydrogens (tertiary/aromatic N) is 1. The van der Waals surface area contributed by atoms with Crippen molar-refractivity contribution in [3.63, 3.8) is 0 Å². The second-order valence-electron chi connectivity index (χ2n) is 8.70. The molecule has 36 heavy (non-hydrogen) atoms. The molecule has 4 rings (SSSR count). The molecule has 1 unspecified atom stereocenters. The molecule has 0 aliphatic carbocycles. The number of methoxy groups -OCH3 is 1. The van der Waals surface area contributed by atoms with Crippen molar-refractivity contribution in [3.05, 3.63) is 106 Å². The highest BCUT2D eigenvalue weighted by molar-refractivity contribution is 6.46. The lowest BCUT2D eigenvalue weighted by Gasteiger charge is -2.26. The number of ketones is 1. The smallest absolute Gasteiger partial charge is 0.416 e. The number of carbonyl (C=O) groups excluding carboxylic acids is 2. The predicted octanol–water partition coefficient (Wildman–Crippen LogP) is 5.95. The van der Waals surface area contributed by atoms with Gasteiger partial charge in [0.1, 0.15) is 11.5 Å². The van der Waals surface area contributed by atoms with Crippen LogP contribution in [0.2, 0.25) is 0 Å². The highest BCUT2D eigenvalue weighted by Gasteiger charge is 2.46. The number of alkyl halides is 3. The Labute approximate surface area is 206 Å².